The van der Waals surface area contributed by atoms with Crippen LogP contribution in [0.5, 0.6) is 0 Å². The average Bonchev–Trinajstić information content (AvgIpc) is 3.04. The first-order valence-corrected chi connectivity index (χ1v) is 15.5. The Kier molecular flexibility index (Phi) is 642. The Balaban J connectivity index is -0.00000000781. The normalized spacial score (nSPS) is 5.24. The van der Waals surface area contributed by atoms with Crippen LogP contribution in [-0.2, 0) is 337 Å². The summed E-state index contributed by atoms with van der Waals surface area (Å²) in [7, 11) is 0. The molecule has 74 heavy (non-hydrogen) atoms. The Bertz CT molecular complexity index is 952. The van der Waals surface area contributed by atoms with Gasteiger partial charge in [-0.15, -0.1) is 0 Å². The van der Waals surface area contributed by atoms with E-state index in [2.05, 4.69) is 144 Å². The van der Waals surface area contributed by atoms with Crippen LogP contribution >= 0.6 is 0 Å². The van der Waals surface area contributed by atoms with Gasteiger partial charge in [-0.3, -0.25) is 0 Å². The summed E-state index contributed by atoms with van der Waals surface area (Å²) in [6.45, 7) is 13.4. The van der Waals surface area contributed by atoms with Crippen LogP contribution in [-0.4, -0.2) is 0 Å². The van der Waals surface area contributed by atoms with Crippen LogP contribution in [0, 0.1) is 0 Å². The van der Waals surface area contributed by atoms with E-state index in [1.54, 1.807) is 0 Å². The number of rotatable bonds is 12. The molecule has 38 heteroatoms. The van der Waals surface area contributed by atoms with Crippen molar-refractivity contribution in [2.24, 2.45) is 0 Å². The van der Waals surface area contributed by atoms with Crippen LogP contribution in [0.1, 0.15) is 79.1 Å². The number of pyridine rings is 4. The summed E-state index contributed by atoms with van der Waals surface area (Å²) in [6, 6.07) is 24.7. The molecule has 0 aliphatic rings. The second kappa shape index (κ2) is 195. The number of aryl methyl sites for hydroxylation is 4. The van der Waals surface area contributed by atoms with Crippen LogP contribution < -0.4 is 18.3 Å². The van der Waals surface area contributed by atoms with E-state index in [0.717, 1.165) is 26.2 Å². The fourth-order valence-corrected chi connectivity index (χ4v) is 3.70. The Morgan fingerprint density at radius 1 is 0.176 bits per heavy atom. The van der Waals surface area contributed by atoms with E-state index in [0.29, 0.717) is 0 Å². The van der Waals surface area contributed by atoms with Crippen molar-refractivity contribution in [1.82, 2.24) is 0 Å². The fraction of sp³-hybridized carbons (Fsp3) is 0.444. The fourth-order valence-electron chi connectivity index (χ4n) is 3.70. The maximum atomic E-state index is 2.21. The minimum atomic E-state index is 0. The van der Waals surface area contributed by atoms with Crippen molar-refractivity contribution < 1.29 is 329 Å². The van der Waals surface area contributed by atoms with Gasteiger partial charge in [0.25, 0.3) is 0 Å². The third-order valence-electron chi connectivity index (χ3n) is 6.19. The van der Waals surface area contributed by atoms with Gasteiger partial charge in [-0.2, -0.15) is 0 Å². The Morgan fingerprint density at radius 2 is 0.270 bits per heavy atom. The molecule has 0 atom stereocenters. The summed E-state index contributed by atoms with van der Waals surface area (Å²) in [5.74, 6) is 0. The largest absolute Gasteiger partial charge is 2.00 e. The summed E-state index contributed by atoms with van der Waals surface area (Å²) >= 11 is 0. The number of unbranched alkanes of at least 4 members (excludes halogenated alkanes) is 4. The molecule has 30 nitrogen and oxygen atoms in total. The van der Waals surface area contributed by atoms with Gasteiger partial charge in [-0.1, -0.05) is 77.6 Å². The van der Waals surface area contributed by atoms with Gasteiger partial charge >= 0.3 is 0 Å². The first-order valence-electron chi connectivity index (χ1n) is 15.5. The van der Waals surface area contributed by atoms with E-state index in [1.807, 2.05) is 24.3 Å². The number of hydrogen-bond donors (Lipinski definition) is 0. The van der Waals surface area contributed by atoms with E-state index in [4.69, 9.17) is 0 Å². The second-order valence-corrected chi connectivity index (χ2v) is 9.87. The molecule has 0 radical (unpaired) electrons. The molecule has 4 rings (SSSR count). The van der Waals surface area contributed by atoms with Crippen molar-refractivity contribution in [3.05, 3.63) is 122 Å². The number of hydrogen-bond acceptors (Lipinski definition) is 0. The van der Waals surface area contributed by atoms with Gasteiger partial charge in [0.05, 0.1) is 0 Å². The third-order valence-corrected chi connectivity index (χ3v) is 6.19. The van der Waals surface area contributed by atoms with Crippen LogP contribution in [0.4, 0.5) is 0 Å². The SMILES string of the molecule is CCCC[n+]1ccccc1.CCCC[n+]1ccccc1.CCCC[n+]1ccccc1.CCCC[n+]1ccccc1.[Mo].[Mo].[Mo].[Mo].[Mo].[Mo].[Mo].[Mo].[O-2].[O-2].[O-2].[O-2].[O-2].[O-2].[O-2].[O-2].[O-2].[O-2].[O-2].[O-2].[O-2].[O-2].[O-2].[O-2].[O-2].[O-2].[O-2].[O-2].[O-2].[O-2].[O-2].[O-2].[O-2].[O-2]. The molecule has 0 bridgehead atoms. The maximum Gasteiger partial charge on any atom is 0.168 e. The first-order chi connectivity index (χ1) is 19.7. The molecule has 0 spiro atoms. The molecule has 0 aromatic carbocycles. The van der Waals surface area contributed by atoms with Crippen molar-refractivity contribution in [2.75, 3.05) is 0 Å². The third kappa shape index (κ3) is 158. The number of nitrogens with zero attached hydrogens (tertiary/aromatic N) is 4. The number of aromatic nitrogens is 4. The summed E-state index contributed by atoms with van der Waals surface area (Å²) in [6.07, 6.45) is 27.0. The quantitative estimate of drug-likeness (QED) is 0.144. The molecule has 0 saturated heterocycles. The summed E-state index contributed by atoms with van der Waals surface area (Å²) in [5.41, 5.74) is 0. The molecule has 4 aromatic rings. The van der Waals surface area contributed by atoms with Crippen LogP contribution in [0.25, 0.3) is 0 Å². The first kappa shape index (κ1) is 244. The van der Waals surface area contributed by atoms with Gasteiger partial charge < -0.3 is 142 Å². The molecule has 0 N–H and O–H groups in total. The van der Waals surface area contributed by atoms with Crippen LogP contribution in [0.3, 0.4) is 0 Å². The zero-order chi connectivity index (χ0) is 28.9. The van der Waals surface area contributed by atoms with Crippen molar-refractivity contribution in [1.29, 1.82) is 0 Å². The average molecular weight is 1730 g/mol. The van der Waals surface area contributed by atoms with E-state index < -0.39 is 0 Å². The molecular weight excluding hydrogens is 1670 g/mol. The van der Waals surface area contributed by atoms with Gasteiger partial charge in [0.2, 0.25) is 0 Å². The summed E-state index contributed by atoms with van der Waals surface area (Å²) < 4.78 is 8.85. The molecule has 0 unspecified atom stereocenters. The van der Waals surface area contributed by atoms with Gasteiger partial charge in [0.1, 0.15) is 26.2 Å². The molecule has 4 aromatic heterocycles. The molecular formula is C36H56Mo8N4O26-48. The molecule has 0 saturated carbocycles. The molecule has 0 amide bonds. The Morgan fingerprint density at radius 3 is 0.351 bits per heavy atom. The Labute approximate surface area is 551 Å². The molecule has 472 valence electrons. The van der Waals surface area contributed by atoms with E-state index >= 15 is 0 Å². The molecule has 0 fully saturated rings. The molecule has 0 aliphatic carbocycles. The standard InChI is InChI=1S/4C9H14N.8Mo.26O/c4*1-2-3-7-10-8-5-4-6-9-10;;;;;;;;;;;;;;;;;;;;;;;;;;;;;;;;;;/h4*4-6,8-9H,2-3,7H2,1H3;;;;;;;;;;;;;;;;;;;;;;;;;;;;;;;;;;/q4*+1;;;;;;;;;26*-2. The topological polar surface area (TPSA) is 757 Å². The van der Waals surface area contributed by atoms with Crippen molar-refractivity contribution in [3.8, 4) is 0 Å². The minimum Gasteiger partial charge on any atom is -2.00 e. The van der Waals surface area contributed by atoms with Crippen LogP contribution in [0.2, 0.25) is 0 Å². The van der Waals surface area contributed by atoms with Crippen LogP contribution in [0.15, 0.2) is 122 Å². The molecule has 0 aliphatic heterocycles. The van der Waals surface area contributed by atoms with E-state index in [9.17, 15) is 0 Å². The van der Waals surface area contributed by atoms with Gasteiger partial charge in [-0.05, 0) is 0 Å². The maximum absolute atomic E-state index is 2.21. The molecule has 4 heterocycles. The predicted octanol–water partition coefficient (Wildman–Crippen LogP) is 3.99. The van der Waals surface area contributed by atoms with E-state index in [1.165, 1.54) is 51.4 Å². The summed E-state index contributed by atoms with van der Waals surface area (Å²) in [4.78, 5) is 0. The monoisotopic (exact) mass is 1740 g/mol. The zero-order valence-corrected chi connectivity index (χ0v) is 55.8. The smallest absolute Gasteiger partial charge is 0.168 e. The Hall–Kier alpha value is 1.07. The van der Waals surface area contributed by atoms with Crippen molar-refractivity contribution >= 4 is 0 Å². The van der Waals surface area contributed by atoms with E-state index in [-0.39, 0.29) is 311 Å². The van der Waals surface area contributed by atoms with Crippen molar-refractivity contribution in [2.45, 2.75) is 105 Å². The zero-order valence-electron chi connectivity index (χ0n) is 39.7. The second-order valence-electron chi connectivity index (χ2n) is 9.87. The minimum absolute atomic E-state index is 0. The van der Waals surface area contributed by atoms with Gasteiger partial charge in [-0.25, -0.2) is 18.3 Å². The van der Waals surface area contributed by atoms with Gasteiger partial charge in [0.15, 0.2) is 49.6 Å². The predicted molar refractivity (Wildman–Crippen MR) is 184 cm³/mol. The van der Waals surface area contributed by atoms with Gasteiger partial charge in [0, 0.05) is 243 Å². The van der Waals surface area contributed by atoms with Crippen molar-refractivity contribution in [3.63, 3.8) is 0 Å². The summed E-state index contributed by atoms with van der Waals surface area (Å²) in [5, 5.41) is 0.